The van der Waals surface area contributed by atoms with Gasteiger partial charge in [-0.3, -0.25) is 14.8 Å². The van der Waals surface area contributed by atoms with Crippen molar-refractivity contribution in [2.45, 2.75) is 27.3 Å². The van der Waals surface area contributed by atoms with Gasteiger partial charge in [0.1, 0.15) is 5.69 Å². The fourth-order valence-electron chi connectivity index (χ4n) is 1.30. The Morgan fingerprint density at radius 2 is 2.25 bits per heavy atom. The summed E-state index contributed by atoms with van der Waals surface area (Å²) in [4.78, 5) is 10.3. The summed E-state index contributed by atoms with van der Waals surface area (Å²) in [5.74, 6) is 0.0599. The van der Waals surface area contributed by atoms with Gasteiger partial charge in [-0.25, -0.2) is 0 Å². The Hall–Kier alpha value is -1.85. The third kappa shape index (κ3) is 2.39. The molecular formula is C10H15N3O3. The number of aromatic nitrogens is 2. The SMILES string of the molecule is COc1nn(CC=C(C)C)c(C)c1[N+](=O)[O-]. The fourth-order valence-corrected chi connectivity index (χ4v) is 1.30. The summed E-state index contributed by atoms with van der Waals surface area (Å²) in [5.41, 5.74) is 1.57. The van der Waals surface area contributed by atoms with E-state index >= 15 is 0 Å². The molecule has 6 heteroatoms. The van der Waals surface area contributed by atoms with E-state index in [0.29, 0.717) is 12.2 Å². The number of nitro groups is 1. The lowest BCUT2D eigenvalue weighted by atomic mass is 10.3. The van der Waals surface area contributed by atoms with Crippen molar-refractivity contribution >= 4 is 5.69 Å². The average Bonchev–Trinajstić information content (AvgIpc) is 2.52. The van der Waals surface area contributed by atoms with E-state index in [4.69, 9.17) is 4.74 Å². The average molecular weight is 225 g/mol. The van der Waals surface area contributed by atoms with E-state index in [0.717, 1.165) is 5.57 Å². The molecule has 0 aliphatic heterocycles. The lowest BCUT2D eigenvalue weighted by molar-refractivity contribution is -0.386. The van der Waals surface area contributed by atoms with Crippen LogP contribution in [-0.2, 0) is 6.54 Å². The minimum atomic E-state index is -0.472. The van der Waals surface area contributed by atoms with Crippen LogP contribution in [0.25, 0.3) is 0 Å². The van der Waals surface area contributed by atoms with Crippen molar-refractivity contribution in [3.8, 4) is 5.88 Å². The van der Waals surface area contributed by atoms with Gasteiger partial charge >= 0.3 is 11.6 Å². The summed E-state index contributed by atoms with van der Waals surface area (Å²) in [5, 5.41) is 14.8. The molecule has 0 fully saturated rings. The molecule has 0 aliphatic rings. The monoisotopic (exact) mass is 225 g/mol. The van der Waals surface area contributed by atoms with Crippen LogP contribution in [-0.4, -0.2) is 21.8 Å². The molecular weight excluding hydrogens is 210 g/mol. The van der Waals surface area contributed by atoms with Crippen molar-refractivity contribution in [3.05, 3.63) is 27.5 Å². The van der Waals surface area contributed by atoms with E-state index in [1.807, 2.05) is 19.9 Å². The first-order valence-electron chi connectivity index (χ1n) is 4.86. The van der Waals surface area contributed by atoms with Gasteiger partial charge in [-0.2, -0.15) is 0 Å². The predicted octanol–water partition coefficient (Wildman–Crippen LogP) is 2.07. The first kappa shape index (κ1) is 12.2. The molecule has 0 saturated carbocycles. The zero-order chi connectivity index (χ0) is 12.3. The number of allylic oxidation sites excluding steroid dienone is 2. The molecule has 0 radical (unpaired) electrons. The smallest absolute Gasteiger partial charge is 0.352 e. The maximum atomic E-state index is 10.8. The Labute approximate surface area is 93.7 Å². The summed E-state index contributed by atoms with van der Waals surface area (Å²) in [6, 6.07) is 0. The van der Waals surface area contributed by atoms with Crippen LogP contribution in [0.1, 0.15) is 19.5 Å². The third-order valence-corrected chi connectivity index (χ3v) is 2.19. The molecule has 1 rings (SSSR count). The van der Waals surface area contributed by atoms with Crippen LogP contribution in [0.5, 0.6) is 5.88 Å². The van der Waals surface area contributed by atoms with Crippen molar-refractivity contribution < 1.29 is 9.66 Å². The molecule has 1 heterocycles. The van der Waals surface area contributed by atoms with Crippen LogP contribution < -0.4 is 4.74 Å². The Balaban J connectivity index is 3.13. The molecule has 88 valence electrons. The molecule has 0 bridgehead atoms. The Bertz CT molecular complexity index is 431. The van der Waals surface area contributed by atoms with Gasteiger partial charge in [0.2, 0.25) is 0 Å². The van der Waals surface area contributed by atoms with Gasteiger partial charge in [-0.1, -0.05) is 11.6 Å². The standard InChI is InChI=1S/C10H15N3O3/c1-7(2)5-6-12-8(3)9(13(14)15)10(11-12)16-4/h5H,6H2,1-4H3. The Morgan fingerprint density at radius 1 is 1.62 bits per heavy atom. The molecule has 0 saturated heterocycles. The maximum absolute atomic E-state index is 10.8. The molecule has 0 atom stereocenters. The number of rotatable bonds is 4. The minimum absolute atomic E-state index is 0.0599. The second kappa shape index (κ2) is 4.78. The molecule has 0 amide bonds. The number of hydrogen-bond acceptors (Lipinski definition) is 4. The molecule has 0 unspecified atom stereocenters. The highest BCUT2D eigenvalue weighted by Crippen LogP contribution is 2.29. The van der Waals surface area contributed by atoms with Crippen molar-refractivity contribution in [3.63, 3.8) is 0 Å². The zero-order valence-electron chi connectivity index (χ0n) is 9.85. The van der Waals surface area contributed by atoms with Gasteiger partial charge in [0, 0.05) is 0 Å². The lowest BCUT2D eigenvalue weighted by Crippen LogP contribution is -2.01. The highest BCUT2D eigenvalue weighted by atomic mass is 16.6. The molecule has 0 aliphatic carbocycles. The number of ether oxygens (including phenoxy) is 1. The number of hydrogen-bond donors (Lipinski definition) is 0. The minimum Gasteiger partial charge on any atom is -0.475 e. The van der Waals surface area contributed by atoms with Gasteiger partial charge in [0.25, 0.3) is 0 Å². The van der Waals surface area contributed by atoms with E-state index in [1.54, 1.807) is 11.6 Å². The predicted molar refractivity (Wildman–Crippen MR) is 59.6 cm³/mol. The number of nitrogens with zero attached hydrogens (tertiary/aromatic N) is 3. The van der Waals surface area contributed by atoms with E-state index in [9.17, 15) is 10.1 Å². The van der Waals surface area contributed by atoms with Gasteiger partial charge in [0.05, 0.1) is 18.6 Å². The zero-order valence-corrected chi connectivity index (χ0v) is 9.85. The second-order valence-electron chi connectivity index (χ2n) is 3.66. The normalized spacial score (nSPS) is 10.0. The van der Waals surface area contributed by atoms with Crippen LogP contribution in [0.4, 0.5) is 5.69 Å². The molecule has 0 N–H and O–H groups in total. The van der Waals surface area contributed by atoms with Crippen molar-refractivity contribution in [2.24, 2.45) is 0 Å². The summed E-state index contributed by atoms with van der Waals surface area (Å²) in [7, 11) is 1.38. The van der Waals surface area contributed by atoms with Crippen molar-refractivity contribution in [1.29, 1.82) is 0 Å². The third-order valence-electron chi connectivity index (χ3n) is 2.19. The molecule has 6 nitrogen and oxygen atoms in total. The van der Waals surface area contributed by atoms with Gasteiger partial charge < -0.3 is 4.74 Å². The van der Waals surface area contributed by atoms with E-state index in [1.165, 1.54) is 7.11 Å². The maximum Gasteiger partial charge on any atom is 0.352 e. The van der Waals surface area contributed by atoms with Gasteiger partial charge in [-0.05, 0) is 20.8 Å². The highest BCUT2D eigenvalue weighted by Gasteiger charge is 2.25. The van der Waals surface area contributed by atoms with Crippen molar-refractivity contribution in [1.82, 2.24) is 9.78 Å². The largest absolute Gasteiger partial charge is 0.475 e. The van der Waals surface area contributed by atoms with Gasteiger partial charge in [-0.15, -0.1) is 5.10 Å². The van der Waals surface area contributed by atoms with Gasteiger partial charge in [0.15, 0.2) is 0 Å². The van der Waals surface area contributed by atoms with Crippen LogP contribution in [0.15, 0.2) is 11.6 Å². The number of methoxy groups -OCH3 is 1. The van der Waals surface area contributed by atoms with E-state index in [-0.39, 0.29) is 11.6 Å². The van der Waals surface area contributed by atoms with Crippen LogP contribution in [0, 0.1) is 17.0 Å². The second-order valence-corrected chi connectivity index (χ2v) is 3.66. The molecule has 0 aromatic carbocycles. The molecule has 1 aromatic heterocycles. The summed E-state index contributed by atoms with van der Waals surface area (Å²) in [6.07, 6.45) is 1.95. The van der Waals surface area contributed by atoms with Crippen LogP contribution in [0.2, 0.25) is 0 Å². The highest BCUT2D eigenvalue weighted by molar-refractivity contribution is 5.45. The van der Waals surface area contributed by atoms with E-state index < -0.39 is 4.92 Å². The summed E-state index contributed by atoms with van der Waals surface area (Å²) < 4.78 is 6.44. The quantitative estimate of drug-likeness (QED) is 0.447. The van der Waals surface area contributed by atoms with Crippen LogP contribution in [0.3, 0.4) is 0 Å². The Morgan fingerprint density at radius 3 is 2.62 bits per heavy atom. The van der Waals surface area contributed by atoms with Crippen LogP contribution >= 0.6 is 0 Å². The lowest BCUT2D eigenvalue weighted by Gasteiger charge is -1.98. The fraction of sp³-hybridized carbons (Fsp3) is 0.500. The molecule has 1 aromatic rings. The summed E-state index contributed by atoms with van der Waals surface area (Å²) >= 11 is 0. The molecule has 0 spiro atoms. The first-order valence-corrected chi connectivity index (χ1v) is 4.86. The summed E-state index contributed by atoms with van der Waals surface area (Å²) in [6.45, 7) is 6.10. The van der Waals surface area contributed by atoms with Crippen molar-refractivity contribution in [2.75, 3.05) is 7.11 Å². The molecule has 16 heavy (non-hydrogen) atoms. The topological polar surface area (TPSA) is 70.2 Å². The first-order chi connectivity index (χ1) is 7.47. The van der Waals surface area contributed by atoms with E-state index in [2.05, 4.69) is 5.10 Å². The Kier molecular flexibility index (Phi) is 3.65.